The van der Waals surface area contributed by atoms with Crippen LogP contribution in [0.2, 0.25) is 0 Å². The molecular weight excluding hydrogens is 767 g/mol. The molecule has 0 radical (unpaired) electrons. The number of furan rings is 2. The molecule has 0 spiro atoms. The molecule has 0 unspecified atom stereocenters. The van der Waals surface area contributed by atoms with Crippen molar-refractivity contribution >= 4 is 93.3 Å². The van der Waals surface area contributed by atoms with Crippen molar-refractivity contribution in [3.63, 3.8) is 0 Å². The van der Waals surface area contributed by atoms with Crippen LogP contribution in [0.15, 0.2) is 233 Å². The molecule has 0 saturated carbocycles. The van der Waals surface area contributed by atoms with Gasteiger partial charge in [-0.3, -0.25) is 0 Å². The molecule has 0 aliphatic heterocycles. The molecule has 2 aromatic heterocycles. The van der Waals surface area contributed by atoms with Crippen molar-refractivity contribution in [2.75, 3.05) is 4.90 Å². The van der Waals surface area contributed by atoms with Gasteiger partial charge in [0.1, 0.15) is 22.3 Å². The summed E-state index contributed by atoms with van der Waals surface area (Å²) in [5, 5.41) is 11.8. The van der Waals surface area contributed by atoms with E-state index in [1.54, 1.807) is 0 Å². The van der Waals surface area contributed by atoms with Gasteiger partial charge in [-0.05, 0) is 92.2 Å². The number of fused-ring (bicyclic) bond motifs is 11. The lowest BCUT2D eigenvalue weighted by atomic mass is 9.93. The Hall–Kier alpha value is -8.40. The third-order valence-electron chi connectivity index (χ3n) is 12.9. The molecule has 0 aliphatic rings. The molecule has 0 saturated heterocycles. The van der Waals surface area contributed by atoms with E-state index in [4.69, 9.17) is 8.83 Å². The third-order valence-corrected chi connectivity index (χ3v) is 12.9. The van der Waals surface area contributed by atoms with Crippen LogP contribution in [0.5, 0.6) is 0 Å². The van der Waals surface area contributed by atoms with Crippen molar-refractivity contribution in [2.24, 2.45) is 0 Å². The minimum Gasteiger partial charge on any atom is -0.455 e. The maximum Gasteiger partial charge on any atom is 0.143 e. The number of hydrogen-bond acceptors (Lipinski definition) is 3. The van der Waals surface area contributed by atoms with Gasteiger partial charge < -0.3 is 13.7 Å². The Morgan fingerprint density at radius 2 is 0.794 bits per heavy atom. The molecule has 0 amide bonds. The summed E-state index contributed by atoms with van der Waals surface area (Å²) in [4.78, 5) is 2.38. The average Bonchev–Trinajstić information content (AvgIpc) is 3.94. The number of anilines is 3. The zero-order valence-electron chi connectivity index (χ0n) is 34.1. The van der Waals surface area contributed by atoms with Crippen LogP contribution in [0.25, 0.3) is 110 Å². The predicted octanol–water partition coefficient (Wildman–Crippen LogP) is 17.4. The van der Waals surface area contributed by atoms with Crippen LogP contribution in [0.4, 0.5) is 17.1 Å². The Balaban J connectivity index is 0.988. The van der Waals surface area contributed by atoms with E-state index in [1.165, 1.54) is 32.7 Å². The van der Waals surface area contributed by atoms with E-state index in [9.17, 15) is 0 Å². The van der Waals surface area contributed by atoms with Gasteiger partial charge in [0.2, 0.25) is 0 Å². The van der Waals surface area contributed by atoms with Gasteiger partial charge in [-0.2, -0.15) is 0 Å². The highest BCUT2D eigenvalue weighted by Gasteiger charge is 2.22. The number of hydrogen-bond donors (Lipinski definition) is 0. The van der Waals surface area contributed by atoms with Gasteiger partial charge in [0.15, 0.2) is 0 Å². The quantitative estimate of drug-likeness (QED) is 0.157. The Morgan fingerprint density at radius 1 is 0.270 bits per heavy atom. The Morgan fingerprint density at radius 3 is 1.57 bits per heavy atom. The number of benzene rings is 11. The molecule has 0 aliphatic carbocycles. The summed E-state index contributed by atoms with van der Waals surface area (Å²) < 4.78 is 13.4. The van der Waals surface area contributed by atoms with Crippen LogP contribution in [-0.4, -0.2) is 0 Å². The number of rotatable bonds is 6. The summed E-state index contributed by atoms with van der Waals surface area (Å²) in [7, 11) is 0. The van der Waals surface area contributed by atoms with Crippen LogP contribution in [0.3, 0.4) is 0 Å². The zero-order valence-corrected chi connectivity index (χ0v) is 34.1. The lowest BCUT2D eigenvalue weighted by Crippen LogP contribution is -2.11. The van der Waals surface area contributed by atoms with Gasteiger partial charge in [-0.25, -0.2) is 0 Å². The van der Waals surface area contributed by atoms with Crippen LogP contribution in [0.1, 0.15) is 0 Å². The molecular formula is C60H37NO2. The van der Waals surface area contributed by atoms with E-state index in [2.05, 4.69) is 217 Å². The Labute approximate surface area is 363 Å². The first kappa shape index (κ1) is 35.4. The van der Waals surface area contributed by atoms with Crippen molar-refractivity contribution in [1.82, 2.24) is 0 Å². The molecule has 3 nitrogen and oxygen atoms in total. The highest BCUT2D eigenvalue weighted by atomic mass is 16.3. The first-order valence-corrected chi connectivity index (χ1v) is 21.5. The normalized spacial score (nSPS) is 11.8. The largest absolute Gasteiger partial charge is 0.455 e. The fourth-order valence-electron chi connectivity index (χ4n) is 9.91. The molecule has 2 heterocycles. The maximum absolute atomic E-state index is 6.92. The molecule has 294 valence electrons. The summed E-state index contributed by atoms with van der Waals surface area (Å²) in [6.45, 7) is 0. The lowest BCUT2D eigenvalue weighted by Gasteiger charge is -2.28. The minimum atomic E-state index is 0.879. The molecule has 13 aromatic rings. The van der Waals surface area contributed by atoms with Crippen LogP contribution >= 0.6 is 0 Å². The molecule has 0 fully saturated rings. The zero-order chi connectivity index (χ0) is 41.4. The average molecular weight is 804 g/mol. The van der Waals surface area contributed by atoms with Crippen molar-refractivity contribution in [3.05, 3.63) is 224 Å². The number of nitrogens with zero attached hydrogens (tertiary/aromatic N) is 1. The Bertz CT molecular complexity index is 3910. The predicted molar refractivity (Wildman–Crippen MR) is 265 cm³/mol. The van der Waals surface area contributed by atoms with E-state index in [1.807, 2.05) is 12.1 Å². The van der Waals surface area contributed by atoms with E-state index >= 15 is 0 Å². The fraction of sp³-hybridized carbons (Fsp3) is 0. The molecule has 63 heavy (non-hydrogen) atoms. The lowest BCUT2D eigenvalue weighted by molar-refractivity contribution is 0.670. The van der Waals surface area contributed by atoms with Gasteiger partial charge in [0.25, 0.3) is 0 Å². The molecule has 3 heteroatoms. The Kier molecular flexibility index (Phi) is 7.91. The smallest absolute Gasteiger partial charge is 0.143 e. The van der Waals surface area contributed by atoms with Crippen LogP contribution < -0.4 is 4.90 Å². The second-order valence-corrected chi connectivity index (χ2v) is 16.4. The van der Waals surface area contributed by atoms with E-state index < -0.39 is 0 Å². The van der Waals surface area contributed by atoms with Crippen molar-refractivity contribution in [3.8, 4) is 33.4 Å². The van der Waals surface area contributed by atoms with Gasteiger partial charge in [0.05, 0.1) is 5.69 Å². The van der Waals surface area contributed by atoms with Gasteiger partial charge in [0, 0.05) is 55.0 Å². The summed E-state index contributed by atoms with van der Waals surface area (Å²) in [5.41, 5.74) is 13.4. The van der Waals surface area contributed by atoms with Gasteiger partial charge in [-0.1, -0.05) is 176 Å². The van der Waals surface area contributed by atoms with Crippen molar-refractivity contribution in [1.29, 1.82) is 0 Å². The van der Waals surface area contributed by atoms with E-state index in [0.717, 1.165) is 94.0 Å². The first-order chi connectivity index (χ1) is 31.2. The molecule has 0 N–H and O–H groups in total. The summed E-state index contributed by atoms with van der Waals surface area (Å²) in [6.07, 6.45) is 0. The second-order valence-electron chi connectivity index (χ2n) is 16.4. The second kappa shape index (κ2) is 14.1. The summed E-state index contributed by atoms with van der Waals surface area (Å²) in [5.74, 6) is 0. The molecule has 0 bridgehead atoms. The van der Waals surface area contributed by atoms with E-state index in [0.29, 0.717) is 0 Å². The third kappa shape index (κ3) is 5.60. The van der Waals surface area contributed by atoms with Gasteiger partial charge >= 0.3 is 0 Å². The van der Waals surface area contributed by atoms with Crippen LogP contribution in [-0.2, 0) is 0 Å². The summed E-state index contributed by atoms with van der Waals surface area (Å²) in [6, 6.07) is 80.4. The molecule has 11 aromatic carbocycles. The highest BCUT2D eigenvalue weighted by Crippen LogP contribution is 2.46. The highest BCUT2D eigenvalue weighted by molar-refractivity contribution is 6.18. The standard InChI is InChI=1S/C60H37NO2/c1-4-16-45-38(13-1)31-36-54-53-24-12-22-51(60(53)63-59(45)54)49-19-7-9-25-56(49)61(42-32-27-39(28-33-42)46-21-11-23-52-50-20-8-10-26-57(50)62-58(46)52)43-34-29-40(30-35-43)55-37-41-14-2-3-15-44(41)47-17-5-6-18-48(47)55/h1-37H. The molecule has 13 rings (SSSR count). The van der Waals surface area contributed by atoms with E-state index in [-0.39, 0.29) is 0 Å². The maximum atomic E-state index is 6.92. The first-order valence-electron chi connectivity index (χ1n) is 21.5. The number of para-hydroxylation sites is 4. The monoisotopic (exact) mass is 803 g/mol. The van der Waals surface area contributed by atoms with Gasteiger partial charge in [-0.15, -0.1) is 0 Å². The van der Waals surface area contributed by atoms with Crippen molar-refractivity contribution < 1.29 is 8.83 Å². The van der Waals surface area contributed by atoms with Crippen LogP contribution in [0, 0.1) is 0 Å². The molecule has 0 atom stereocenters. The van der Waals surface area contributed by atoms with Crippen molar-refractivity contribution in [2.45, 2.75) is 0 Å². The summed E-state index contributed by atoms with van der Waals surface area (Å²) >= 11 is 0. The fourth-order valence-corrected chi connectivity index (χ4v) is 9.91. The SMILES string of the molecule is c1ccc(N(c2ccc(-c3cc4ccccc4c4ccccc34)cc2)c2ccc(-c3cccc4c3oc3ccccc34)cc2)c(-c2cccc3c2oc2c4ccccc4ccc32)c1. The topological polar surface area (TPSA) is 29.5 Å². The minimum absolute atomic E-state index is 0.879.